The summed E-state index contributed by atoms with van der Waals surface area (Å²) in [6.07, 6.45) is 0.398. The van der Waals surface area contributed by atoms with Gasteiger partial charge in [0.2, 0.25) is 0 Å². The molecule has 0 aliphatic carbocycles. The molecule has 138 valence electrons. The zero-order valence-electron chi connectivity index (χ0n) is 14.3. The molecule has 8 nitrogen and oxygen atoms in total. The maximum atomic E-state index is 12.2. The summed E-state index contributed by atoms with van der Waals surface area (Å²) in [5.74, 6) is 1.24. The number of fused-ring (bicyclic) bond motifs is 1. The van der Waals surface area contributed by atoms with Gasteiger partial charge in [0.25, 0.3) is 0 Å². The molecular formula is C17H20N4O4S. The maximum Gasteiger partial charge on any atom is 0.314 e. The van der Waals surface area contributed by atoms with Gasteiger partial charge < -0.3 is 20.5 Å². The minimum Gasteiger partial charge on any atom is -0.497 e. The van der Waals surface area contributed by atoms with Crippen LogP contribution in [0.15, 0.2) is 24.3 Å². The van der Waals surface area contributed by atoms with Crippen molar-refractivity contribution in [1.82, 2.24) is 15.1 Å². The summed E-state index contributed by atoms with van der Waals surface area (Å²) in [5, 5.41) is 18.5. The Morgan fingerprint density at radius 1 is 1.27 bits per heavy atom. The monoisotopic (exact) mass is 376 g/mol. The van der Waals surface area contributed by atoms with Crippen molar-refractivity contribution in [3.05, 3.63) is 35.5 Å². The van der Waals surface area contributed by atoms with Gasteiger partial charge in [-0.3, -0.25) is 9.59 Å². The molecular weight excluding hydrogens is 356 g/mol. The molecule has 3 N–H and O–H groups in total. The van der Waals surface area contributed by atoms with E-state index in [-0.39, 0.29) is 13.2 Å². The standard InChI is InChI=1S/C17H20N4O4S/c1-25-12-5-3-11(4-6-12)21-15(13-9-26-10-14(13)20-21)19-17(24)16(23)18-7-2-8-22/h3-6,22H,2,7-10H2,1H3,(H,18,23)(H,19,24). The number of carbonyl (C=O) groups is 2. The fourth-order valence-corrected chi connectivity index (χ4v) is 3.61. The van der Waals surface area contributed by atoms with E-state index in [4.69, 9.17) is 9.84 Å². The number of benzene rings is 1. The van der Waals surface area contributed by atoms with Crippen LogP contribution < -0.4 is 15.4 Å². The average molecular weight is 376 g/mol. The SMILES string of the molecule is COc1ccc(-n2nc3c(c2NC(=O)C(=O)NCCCO)CSC3)cc1. The first-order valence-corrected chi connectivity index (χ1v) is 9.32. The quantitative estimate of drug-likeness (QED) is 0.514. The molecule has 2 heterocycles. The molecule has 1 aliphatic rings. The van der Waals surface area contributed by atoms with E-state index in [1.165, 1.54) is 0 Å². The molecule has 0 saturated heterocycles. The van der Waals surface area contributed by atoms with E-state index >= 15 is 0 Å². The van der Waals surface area contributed by atoms with E-state index in [0.717, 1.165) is 34.2 Å². The third-order valence-corrected chi connectivity index (χ3v) is 4.90. The number of aliphatic hydroxyl groups excluding tert-OH is 1. The van der Waals surface area contributed by atoms with Crippen molar-refractivity contribution >= 4 is 29.4 Å². The van der Waals surface area contributed by atoms with E-state index < -0.39 is 11.8 Å². The third-order valence-electron chi connectivity index (χ3n) is 3.93. The van der Waals surface area contributed by atoms with Gasteiger partial charge in [-0.1, -0.05) is 0 Å². The smallest absolute Gasteiger partial charge is 0.314 e. The number of ether oxygens (including phenoxy) is 1. The van der Waals surface area contributed by atoms with Gasteiger partial charge in [0, 0.05) is 30.2 Å². The lowest BCUT2D eigenvalue weighted by Crippen LogP contribution is -2.36. The van der Waals surface area contributed by atoms with Crippen LogP contribution in [0.3, 0.4) is 0 Å². The van der Waals surface area contributed by atoms with Crippen molar-refractivity contribution in [2.75, 3.05) is 25.6 Å². The molecule has 2 amide bonds. The second-order valence-electron chi connectivity index (χ2n) is 5.66. The van der Waals surface area contributed by atoms with Crippen LogP contribution in [0.4, 0.5) is 5.82 Å². The lowest BCUT2D eigenvalue weighted by Gasteiger charge is -2.11. The van der Waals surface area contributed by atoms with E-state index in [1.54, 1.807) is 23.6 Å². The largest absolute Gasteiger partial charge is 0.497 e. The first-order valence-electron chi connectivity index (χ1n) is 8.17. The molecule has 9 heteroatoms. The van der Waals surface area contributed by atoms with Gasteiger partial charge in [0.15, 0.2) is 0 Å². The molecule has 0 unspecified atom stereocenters. The predicted molar refractivity (Wildman–Crippen MR) is 98.5 cm³/mol. The van der Waals surface area contributed by atoms with E-state index in [1.807, 2.05) is 24.3 Å². The number of carbonyl (C=O) groups excluding carboxylic acids is 2. The summed E-state index contributed by atoms with van der Waals surface area (Å²) in [6.45, 7) is 0.200. The minimum atomic E-state index is -0.752. The second-order valence-corrected chi connectivity index (χ2v) is 6.65. The van der Waals surface area contributed by atoms with Gasteiger partial charge in [0.05, 0.1) is 18.5 Å². The number of aromatic nitrogens is 2. The zero-order chi connectivity index (χ0) is 18.5. The van der Waals surface area contributed by atoms with E-state index in [2.05, 4.69) is 15.7 Å². The molecule has 0 radical (unpaired) electrons. The van der Waals surface area contributed by atoms with E-state index in [9.17, 15) is 9.59 Å². The average Bonchev–Trinajstić information content (AvgIpc) is 3.24. The molecule has 3 rings (SSSR count). The number of hydrogen-bond acceptors (Lipinski definition) is 6. The molecule has 1 aliphatic heterocycles. The number of nitrogens with zero attached hydrogens (tertiary/aromatic N) is 2. The van der Waals surface area contributed by atoms with Crippen LogP contribution in [0.2, 0.25) is 0 Å². The van der Waals surface area contributed by atoms with Gasteiger partial charge in [-0.05, 0) is 30.7 Å². The summed E-state index contributed by atoms with van der Waals surface area (Å²) in [5.41, 5.74) is 2.60. The first-order chi connectivity index (χ1) is 12.6. The normalized spacial score (nSPS) is 12.5. The number of amides is 2. The van der Waals surface area contributed by atoms with Gasteiger partial charge in [0.1, 0.15) is 11.6 Å². The summed E-state index contributed by atoms with van der Waals surface area (Å²) in [7, 11) is 1.59. The number of nitrogens with one attached hydrogen (secondary N) is 2. The van der Waals surface area contributed by atoms with Crippen LogP contribution >= 0.6 is 11.8 Å². The van der Waals surface area contributed by atoms with Gasteiger partial charge in [-0.15, -0.1) is 0 Å². The Balaban J connectivity index is 1.83. The number of methoxy groups -OCH3 is 1. The number of rotatable bonds is 6. The van der Waals surface area contributed by atoms with Crippen LogP contribution in [-0.4, -0.2) is 47.0 Å². The van der Waals surface area contributed by atoms with Crippen molar-refractivity contribution in [1.29, 1.82) is 0 Å². The summed E-state index contributed by atoms with van der Waals surface area (Å²) in [6, 6.07) is 7.30. The number of anilines is 1. The Labute approximate surface area is 154 Å². The summed E-state index contributed by atoms with van der Waals surface area (Å²) < 4.78 is 6.81. The Morgan fingerprint density at radius 2 is 2.04 bits per heavy atom. The topological polar surface area (TPSA) is 105 Å². The lowest BCUT2D eigenvalue weighted by atomic mass is 10.2. The Morgan fingerprint density at radius 3 is 2.73 bits per heavy atom. The fraction of sp³-hybridized carbons (Fsp3) is 0.353. The van der Waals surface area contributed by atoms with Crippen LogP contribution in [0.5, 0.6) is 5.75 Å². The molecule has 2 aromatic rings. The molecule has 1 aromatic carbocycles. The predicted octanol–water partition coefficient (Wildman–Crippen LogP) is 1.06. The lowest BCUT2D eigenvalue weighted by molar-refractivity contribution is -0.136. The maximum absolute atomic E-state index is 12.2. The molecule has 0 saturated carbocycles. The van der Waals surface area contributed by atoms with Crippen LogP contribution in [0.25, 0.3) is 5.69 Å². The number of aliphatic hydroxyl groups is 1. The highest BCUT2D eigenvalue weighted by atomic mass is 32.2. The molecule has 0 fully saturated rings. The van der Waals surface area contributed by atoms with Crippen molar-refractivity contribution in [2.45, 2.75) is 17.9 Å². The highest BCUT2D eigenvalue weighted by molar-refractivity contribution is 7.98. The van der Waals surface area contributed by atoms with Crippen LogP contribution in [0, 0.1) is 0 Å². The molecule has 0 bridgehead atoms. The summed E-state index contributed by atoms with van der Waals surface area (Å²) >= 11 is 1.71. The Bertz CT molecular complexity index is 804. The molecule has 1 aromatic heterocycles. The zero-order valence-corrected chi connectivity index (χ0v) is 15.1. The molecule has 0 spiro atoms. The third kappa shape index (κ3) is 3.83. The van der Waals surface area contributed by atoms with E-state index in [0.29, 0.717) is 12.2 Å². The summed E-state index contributed by atoms with van der Waals surface area (Å²) in [4.78, 5) is 24.2. The first kappa shape index (κ1) is 18.3. The van der Waals surface area contributed by atoms with Crippen LogP contribution in [0.1, 0.15) is 17.7 Å². The minimum absolute atomic E-state index is 0.0448. The van der Waals surface area contributed by atoms with Crippen molar-refractivity contribution in [3.63, 3.8) is 0 Å². The Hall–Kier alpha value is -2.52. The second kappa shape index (κ2) is 8.24. The molecule has 26 heavy (non-hydrogen) atoms. The number of hydrogen-bond donors (Lipinski definition) is 3. The fourth-order valence-electron chi connectivity index (χ4n) is 2.58. The van der Waals surface area contributed by atoms with Crippen molar-refractivity contribution in [2.24, 2.45) is 0 Å². The molecule has 0 atom stereocenters. The highest BCUT2D eigenvalue weighted by Crippen LogP contribution is 2.36. The van der Waals surface area contributed by atoms with Crippen LogP contribution in [-0.2, 0) is 21.1 Å². The van der Waals surface area contributed by atoms with Gasteiger partial charge in [-0.2, -0.15) is 16.9 Å². The highest BCUT2D eigenvalue weighted by Gasteiger charge is 2.26. The Kier molecular flexibility index (Phi) is 5.79. The number of thioether (sulfide) groups is 1. The van der Waals surface area contributed by atoms with Crippen molar-refractivity contribution < 1.29 is 19.4 Å². The van der Waals surface area contributed by atoms with Gasteiger partial charge in [-0.25, -0.2) is 4.68 Å². The van der Waals surface area contributed by atoms with Crippen molar-refractivity contribution in [3.8, 4) is 11.4 Å². The van der Waals surface area contributed by atoms with Gasteiger partial charge >= 0.3 is 11.8 Å².